The molecule has 0 saturated heterocycles. The third-order valence-electron chi connectivity index (χ3n) is 8.46. The Morgan fingerprint density at radius 1 is 0.854 bits per heavy atom. The molecule has 3 unspecified atom stereocenters. The van der Waals surface area contributed by atoms with E-state index in [1.807, 2.05) is 0 Å². The van der Waals surface area contributed by atoms with Crippen molar-refractivity contribution in [2.24, 2.45) is 11.8 Å². The smallest absolute Gasteiger partial charge is 0.280 e. The fourth-order valence-corrected chi connectivity index (χ4v) is 5.80. The van der Waals surface area contributed by atoms with Crippen LogP contribution in [0.15, 0.2) is 18.2 Å². The van der Waals surface area contributed by atoms with Crippen molar-refractivity contribution in [3.8, 4) is 17.1 Å². The van der Waals surface area contributed by atoms with Crippen molar-refractivity contribution < 1.29 is 31.1 Å². The Balaban J connectivity index is 1.30. The molecule has 0 aromatic carbocycles. The first-order valence-electron chi connectivity index (χ1n) is 15.4. The van der Waals surface area contributed by atoms with Crippen LogP contribution in [-0.2, 0) is 12.3 Å². The van der Waals surface area contributed by atoms with Gasteiger partial charge in [0.25, 0.3) is 11.9 Å². The van der Waals surface area contributed by atoms with Crippen LogP contribution >= 0.6 is 0 Å². The number of aromatic nitrogens is 2. The average Bonchev–Trinajstić information content (AvgIpc) is 3.76. The molecule has 0 N–H and O–H groups in total. The highest BCUT2D eigenvalue weighted by Crippen LogP contribution is 2.48. The molecule has 4 rings (SSSR count). The highest BCUT2D eigenvalue weighted by atomic mass is 19.3. The van der Waals surface area contributed by atoms with E-state index in [-0.39, 0.29) is 42.0 Å². The van der Waals surface area contributed by atoms with Crippen molar-refractivity contribution in [3.63, 3.8) is 0 Å². The average molecular weight is 585 g/mol. The number of alkyl halides is 4. The van der Waals surface area contributed by atoms with Gasteiger partial charge in [0.2, 0.25) is 5.95 Å². The SMILES string of the molecule is CCCC(F)C(F)COc1ccc(-c2cc3c(c(F)n2)C(F)(F)C(CCCCCCCCCC2CC2)CC3)nc1F. The number of rotatable bonds is 17. The third kappa shape index (κ3) is 8.60. The summed E-state index contributed by atoms with van der Waals surface area (Å²) in [6.45, 7) is 1.04. The van der Waals surface area contributed by atoms with Crippen molar-refractivity contribution in [2.45, 2.75) is 122 Å². The summed E-state index contributed by atoms with van der Waals surface area (Å²) < 4.78 is 92.9. The number of fused-ring (bicyclic) bond motifs is 1. The molecule has 228 valence electrons. The zero-order valence-electron chi connectivity index (χ0n) is 23.9. The van der Waals surface area contributed by atoms with Crippen LogP contribution in [0.4, 0.5) is 26.3 Å². The number of halogens is 6. The van der Waals surface area contributed by atoms with Crippen LogP contribution in [0.3, 0.4) is 0 Å². The van der Waals surface area contributed by atoms with Crippen molar-refractivity contribution in [1.82, 2.24) is 9.97 Å². The maximum absolute atomic E-state index is 15.4. The third-order valence-corrected chi connectivity index (χ3v) is 8.46. The van der Waals surface area contributed by atoms with Gasteiger partial charge < -0.3 is 4.74 Å². The molecule has 2 heterocycles. The van der Waals surface area contributed by atoms with Gasteiger partial charge in [-0.3, -0.25) is 0 Å². The van der Waals surface area contributed by atoms with Crippen LogP contribution in [0.2, 0.25) is 0 Å². The second-order valence-corrected chi connectivity index (χ2v) is 11.8. The quantitative estimate of drug-likeness (QED) is 0.105. The fourth-order valence-electron chi connectivity index (χ4n) is 5.80. The zero-order chi connectivity index (χ0) is 29.4. The predicted octanol–water partition coefficient (Wildman–Crippen LogP) is 9.85. The summed E-state index contributed by atoms with van der Waals surface area (Å²) >= 11 is 0. The molecule has 0 bridgehead atoms. The van der Waals surface area contributed by atoms with Crippen LogP contribution < -0.4 is 4.74 Å². The minimum atomic E-state index is -3.34. The number of hydrogen-bond donors (Lipinski definition) is 0. The molecule has 3 atom stereocenters. The van der Waals surface area contributed by atoms with Gasteiger partial charge in [-0.1, -0.05) is 77.6 Å². The van der Waals surface area contributed by atoms with Gasteiger partial charge in [0.1, 0.15) is 12.8 Å². The zero-order valence-corrected chi connectivity index (χ0v) is 23.9. The number of ether oxygens (including phenoxy) is 1. The van der Waals surface area contributed by atoms with Crippen LogP contribution in [-0.4, -0.2) is 28.9 Å². The van der Waals surface area contributed by atoms with Crippen LogP contribution in [0.1, 0.15) is 108 Å². The van der Waals surface area contributed by atoms with Crippen molar-refractivity contribution in [1.29, 1.82) is 0 Å². The first-order chi connectivity index (χ1) is 19.7. The van der Waals surface area contributed by atoms with E-state index < -0.39 is 48.2 Å². The predicted molar refractivity (Wildman–Crippen MR) is 148 cm³/mol. The minimum Gasteiger partial charge on any atom is -0.486 e. The summed E-state index contributed by atoms with van der Waals surface area (Å²) in [7, 11) is 0. The largest absolute Gasteiger partial charge is 0.486 e. The maximum Gasteiger partial charge on any atom is 0.280 e. The van der Waals surface area contributed by atoms with E-state index in [0.717, 1.165) is 31.2 Å². The molecule has 0 amide bonds. The standard InChI is InChI=1S/C32H42F6N2O/c1-2-10-24(33)25(34)20-41-28-18-17-26(39-30(28)35)27-19-22-15-16-23(32(37,38)29(22)31(36)40-27)12-9-7-5-3-4-6-8-11-21-13-14-21/h17-19,21,23-25H,2-16,20H2,1H3. The first-order valence-corrected chi connectivity index (χ1v) is 15.4. The summed E-state index contributed by atoms with van der Waals surface area (Å²) in [5, 5.41) is 0. The van der Waals surface area contributed by atoms with Gasteiger partial charge in [-0.05, 0) is 55.4 Å². The number of pyridine rings is 2. The summed E-state index contributed by atoms with van der Waals surface area (Å²) in [5.41, 5.74) is -0.669. The van der Waals surface area contributed by atoms with Gasteiger partial charge in [-0.15, -0.1) is 0 Å². The number of aryl methyl sites for hydroxylation is 1. The molecule has 0 radical (unpaired) electrons. The van der Waals surface area contributed by atoms with Crippen LogP contribution in [0.25, 0.3) is 11.4 Å². The minimum absolute atomic E-state index is 0.0276. The highest BCUT2D eigenvalue weighted by Gasteiger charge is 2.47. The monoisotopic (exact) mass is 584 g/mol. The first kappa shape index (κ1) is 31.6. The molecule has 3 nitrogen and oxygen atoms in total. The normalized spacial score (nSPS) is 19.5. The van der Waals surface area contributed by atoms with Crippen molar-refractivity contribution in [3.05, 3.63) is 41.2 Å². The number of unbranched alkanes of at least 4 members (excludes halogenated alkanes) is 6. The van der Waals surface area contributed by atoms with Gasteiger partial charge in [-0.2, -0.15) is 8.78 Å². The van der Waals surface area contributed by atoms with Gasteiger partial charge in [0.15, 0.2) is 11.9 Å². The number of nitrogens with zero attached hydrogens (tertiary/aromatic N) is 2. The Morgan fingerprint density at radius 2 is 1.51 bits per heavy atom. The summed E-state index contributed by atoms with van der Waals surface area (Å²) in [5.74, 6) is -6.07. The molecule has 0 aliphatic heterocycles. The molecular weight excluding hydrogens is 542 g/mol. The lowest BCUT2D eigenvalue weighted by molar-refractivity contribution is -0.0824. The Hall–Kier alpha value is -2.32. The summed E-state index contributed by atoms with van der Waals surface area (Å²) in [6.07, 6.45) is 9.35. The molecule has 2 aromatic rings. The Bertz CT molecular complexity index is 1130. The van der Waals surface area contributed by atoms with Gasteiger partial charge in [-0.25, -0.2) is 27.5 Å². The van der Waals surface area contributed by atoms with E-state index in [0.29, 0.717) is 19.3 Å². The van der Waals surface area contributed by atoms with Gasteiger partial charge in [0, 0.05) is 5.92 Å². The van der Waals surface area contributed by atoms with Crippen LogP contribution in [0, 0.1) is 23.7 Å². The van der Waals surface area contributed by atoms with E-state index in [9.17, 15) is 13.2 Å². The molecular formula is C32H42F6N2O. The van der Waals surface area contributed by atoms with E-state index in [4.69, 9.17) is 4.74 Å². The van der Waals surface area contributed by atoms with Gasteiger partial charge in [0.05, 0.1) is 17.0 Å². The molecule has 1 fully saturated rings. The topological polar surface area (TPSA) is 35.0 Å². The Kier molecular flexibility index (Phi) is 11.4. The summed E-state index contributed by atoms with van der Waals surface area (Å²) in [4.78, 5) is 7.42. The molecule has 2 aliphatic rings. The van der Waals surface area contributed by atoms with E-state index in [1.54, 1.807) is 6.92 Å². The molecule has 41 heavy (non-hydrogen) atoms. The Labute approximate surface area is 239 Å². The van der Waals surface area contributed by atoms with Crippen molar-refractivity contribution in [2.75, 3.05) is 6.61 Å². The molecule has 0 spiro atoms. The van der Waals surface area contributed by atoms with E-state index in [2.05, 4.69) is 9.97 Å². The fraction of sp³-hybridized carbons (Fsp3) is 0.688. The Morgan fingerprint density at radius 3 is 2.17 bits per heavy atom. The maximum atomic E-state index is 15.4. The van der Waals surface area contributed by atoms with E-state index >= 15 is 13.2 Å². The molecule has 9 heteroatoms. The lowest BCUT2D eigenvalue weighted by Gasteiger charge is -2.33. The number of hydrogen-bond acceptors (Lipinski definition) is 3. The lowest BCUT2D eigenvalue weighted by Crippen LogP contribution is -2.33. The summed E-state index contributed by atoms with van der Waals surface area (Å²) in [6, 6.07) is 3.79. The molecule has 2 aromatic heterocycles. The molecule has 1 saturated carbocycles. The second-order valence-electron chi connectivity index (χ2n) is 11.8. The second kappa shape index (κ2) is 14.7. The lowest BCUT2D eigenvalue weighted by atomic mass is 9.78. The van der Waals surface area contributed by atoms with Gasteiger partial charge >= 0.3 is 0 Å². The molecule has 2 aliphatic carbocycles. The van der Waals surface area contributed by atoms with Crippen molar-refractivity contribution >= 4 is 0 Å². The van der Waals surface area contributed by atoms with E-state index in [1.165, 1.54) is 50.7 Å². The highest BCUT2D eigenvalue weighted by molar-refractivity contribution is 5.57. The van der Waals surface area contributed by atoms with Crippen LogP contribution in [0.5, 0.6) is 5.75 Å².